The second kappa shape index (κ2) is 8.96. The predicted octanol–water partition coefficient (Wildman–Crippen LogP) is 3.49. The van der Waals surface area contributed by atoms with Gasteiger partial charge in [-0.15, -0.1) is 0 Å². The number of unbranched alkanes of at least 4 members (excludes halogenated alkanes) is 2. The van der Waals surface area contributed by atoms with E-state index in [2.05, 4.69) is 5.16 Å². The Bertz CT molecular complexity index is 684. The van der Waals surface area contributed by atoms with Crippen molar-refractivity contribution in [3.05, 3.63) is 35.2 Å². The van der Waals surface area contributed by atoms with Crippen LogP contribution in [0.25, 0.3) is 0 Å². The maximum atomic E-state index is 11.1. The van der Waals surface area contributed by atoms with Gasteiger partial charge in [-0.2, -0.15) is 0 Å². The van der Waals surface area contributed by atoms with Crippen LogP contribution in [0, 0.1) is 6.92 Å². The normalized spacial score (nSPS) is 10.5. The Morgan fingerprint density at radius 1 is 1.12 bits per heavy atom. The highest BCUT2D eigenvalue weighted by molar-refractivity contribution is 5.89. The molecule has 0 aliphatic rings. The molecule has 7 nitrogen and oxygen atoms in total. The van der Waals surface area contributed by atoms with Crippen molar-refractivity contribution in [2.45, 2.75) is 32.6 Å². The summed E-state index contributed by atoms with van der Waals surface area (Å²) in [5.41, 5.74) is 0.978. The molecule has 0 saturated heterocycles. The number of aromatic carboxylic acids is 1. The van der Waals surface area contributed by atoms with E-state index < -0.39 is 5.97 Å². The average Bonchev–Trinajstić information content (AvgIpc) is 3.02. The van der Waals surface area contributed by atoms with Crippen LogP contribution in [0.1, 0.15) is 41.1 Å². The van der Waals surface area contributed by atoms with E-state index in [1.165, 1.54) is 26.4 Å². The van der Waals surface area contributed by atoms with Crippen molar-refractivity contribution >= 4 is 5.97 Å². The molecule has 25 heavy (non-hydrogen) atoms. The van der Waals surface area contributed by atoms with E-state index in [1.807, 2.05) is 13.0 Å². The summed E-state index contributed by atoms with van der Waals surface area (Å²) in [5.74, 6) is 0.945. The van der Waals surface area contributed by atoms with Crippen LogP contribution in [0.3, 0.4) is 0 Å². The van der Waals surface area contributed by atoms with Gasteiger partial charge in [0.25, 0.3) is 0 Å². The molecule has 0 spiro atoms. The quantitative estimate of drug-likeness (QED) is 0.656. The van der Waals surface area contributed by atoms with Crippen LogP contribution in [0.15, 0.2) is 22.7 Å². The van der Waals surface area contributed by atoms with Crippen LogP contribution in [-0.2, 0) is 6.42 Å². The van der Waals surface area contributed by atoms with Crippen molar-refractivity contribution in [3.63, 3.8) is 0 Å². The lowest BCUT2D eigenvalue weighted by Gasteiger charge is -2.15. The molecular weight excluding hydrogens is 326 g/mol. The summed E-state index contributed by atoms with van der Waals surface area (Å²) in [5, 5.41) is 13.0. The van der Waals surface area contributed by atoms with Gasteiger partial charge in [-0.3, -0.25) is 0 Å². The molecule has 0 aliphatic heterocycles. The molecule has 2 aromatic rings. The Morgan fingerprint density at radius 3 is 2.32 bits per heavy atom. The van der Waals surface area contributed by atoms with Crippen molar-refractivity contribution in [1.82, 2.24) is 5.16 Å². The van der Waals surface area contributed by atoms with Gasteiger partial charge in [-0.1, -0.05) is 5.16 Å². The molecule has 0 aliphatic carbocycles. The molecule has 7 heteroatoms. The Morgan fingerprint density at radius 2 is 1.80 bits per heavy atom. The van der Waals surface area contributed by atoms with E-state index in [9.17, 15) is 4.79 Å². The van der Waals surface area contributed by atoms with Crippen molar-refractivity contribution in [2.24, 2.45) is 0 Å². The van der Waals surface area contributed by atoms with Gasteiger partial charge in [0.1, 0.15) is 5.76 Å². The largest absolute Gasteiger partial charge is 0.493 e. The molecule has 0 saturated carbocycles. The van der Waals surface area contributed by atoms with Crippen LogP contribution in [0.4, 0.5) is 0 Å². The maximum Gasteiger partial charge on any atom is 0.335 e. The smallest absolute Gasteiger partial charge is 0.335 e. The van der Waals surface area contributed by atoms with Crippen molar-refractivity contribution in [1.29, 1.82) is 0 Å². The van der Waals surface area contributed by atoms with Crippen LogP contribution in [0.2, 0.25) is 0 Å². The number of hydrogen-bond donors (Lipinski definition) is 1. The number of rotatable bonds is 10. The van der Waals surface area contributed by atoms with Crippen molar-refractivity contribution < 1.29 is 28.6 Å². The van der Waals surface area contributed by atoms with E-state index >= 15 is 0 Å². The minimum atomic E-state index is -1.05. The first-order valence-corrected chi connectivity index (χ1v) is 8.09. The number of carbonyl (C=O) groups is 1. The molecule has 136 valence electrons. The second-order valence-corrected chi connectivity index (χ2v) is 5.61. The number of hydrogen-bond acceptors (Lipinski definition) is 6. The Hall–Kier alpha value is -2.70. The van der Waals surface area contributed by atoms with Gasteiger partial charge < -0.3 is 23.8 Å². The van der Waals surface area contributed by atoms with Crippen molar-refractivity contribution in [3.8, 4) is 17.2 Å². The zero-order valence-corrected chi connectivity index (χ0v) is 14.7. The SMILES string of the molecule is COc1cc(C(=O)O)cc(OC)c1OCCCCCc1cc(C)no1. The summed E-state index contributed by atoms with van der Waals surface area (Å²) < 4.78 is 21.4. The van der Waals surface area contributed by atoms with Crippen LogP contribution in [-0.4, -0.2) is 37.1 Å². The molecule has 1 aromatic carbocycles. The molecule has 1 aromatic heterocycles. The molecule has 1 heterocycles. The van der Waals surface area contributed by atoms with Gasteiger partial charge >= 0.3 is 5.97 Å². The summed E-state index contributed by atoms with van der Waals surface area (Å²) >= 11 is 0. The van der Waals surface area contributed by atoms with Gasteiger partial charge in [0.15, 0.2) is 11.5 Å². The molecule has 0 radical (unpaired) electrons. The van der Waals surface area contributed by atoms with Crippen LogP contribution < -0.4 is 14.2 Å². The van der Waals surface area contributed by atoms with Crippen LogP contribution >= 0.6 is 0 Å². The second-order valence-electron chi connectivity index (χ2n) is 5.61. The average molecular weight is 349 g/mol. The fraction of sp³-hybridized carbons (Fsp3) is 0.444. The first kappa shape index (κ1) is 18.6. The summed E-state index contributed by atoms with van der Waals surface area (Å²) in [7, 11) is 2.93. The zero-order valence-electron chi connectivity index (χ0n) is 14.7. The van der Waals surface area contributed by atoms with Gasteiger partial charge in [0, 0.05) is 12.5 Å². The van der Waals surface area contributed by atoms with E-state index in [4.69, 9.17) is 23.8 Å². The minimum Gasteiger partial charge on any atom is -0.493 e. The number of ether oxygens (including phenoxy) is 3. The van der Waals surface area contributed by atoms with E-state index in [0.29, 0.717) is 23.9 Å². The number of carboxylic acids is 1. The fourth-order valence-corrected chi connectivity index (χ4v) is 2.43. The Balaban J connectivity index is 1.86. The third-order valence-electron chi connectivity index (χ3n) is 3.70. The summed E-state index contributed by atoms with van der Waals surface area (Å²) in [6.45, 7) is 2.38. The third-order valence-corrected chi connectivity index (χ3v) is 3.70. The number of aryl methyl sites for hydroxylation is 2. The highest BCUT2D eigenvalue weighted by Gasteiger charge is 2.17. The summed E-state index contributed by atoms with van der Waals surface area (Å²) in [6.07, 6.45) is 3.64. The molecule has 1 N–H and O–H groups in total. The molecule has 0 atom stereocenters. The van der Waals surface area contributed by atoms with Crippen molar-refractivity contribution in [2.75, 3.05) is 20.8 Å². The van der Waals surface area contributed by atoms with Gasteiger partial charge in [0.2, 0.25) is 5.75 Å². The Kier molecular flexibility index (Phi) is 6.68. The highest BCUT2D eigenvalue weighted by Crippen LogP contribution is 2.38. The van der Waals surface area contributed by atoms with Gasteiger partial charge in [-0.05, 0) is 38.3 Å². The highest BCUT2D eigenvalue weighted by atomic mass is 16.5. The van der Waals surface area contributed by atoms with Gasteiger partial charge in [0.05, 0.1) is 32.1 Å². The molecule has 0 unspecified atom stereocenters. The first-order valence-electron chi connectivity index (χ1n) is 8.09. The van der Waals surface area contributed by atoms with Crippen LogP contribution in [0.5, 0.6) is 17.2 Å². The number of nitrogens with zero attached hydrogens (tertiary/aromatic N) is 1. The number of aromatic nitrogens is 1. The third kappa shape index (κ3) is 5.14. The monoisotopic (exact) mass is 349 g/mol. The van der Waals surface area contributed by atoms with Gasteiger partial charge in [-0.25, -0.2) is 4.79 Å². The zero-order chi connectivity index (χ0) is 18.2. The number of carboxylic acid groups (broad SMARTS) is 1. The number of benzene rings is 1. The molecule has 0 bridgehead atoms. The first-order chi connectivity index (χ1) is 12.0. The minimum absolute atomic E-state index is 0.0865. The van der Waals surface area contributed by atoms with E-state index in [-0.39, 0.29) is 5.56 Å². The lowest BCUT2D eigenvalue weighted by molar-refractivity contribution is 0.0696. The summed E-state index contributed by atoms with van der Waals surface area (Å²) in [4.78, 5) is 11.1. The fourth-order valence-electron chi connectivity index (χ4n) is 2.43. The lowest BCUT2D eigenvalue weighted by atomic mass is 10.1. The standard InChI is InChI=1S/C18H23NO6/c1-12-9-14(25-19-12)7-5-4-6-8-24-17-15(22-2)10-13(18(20)21)11-16(17)23-3/h9-11H,4-8H2,1-3H3,(H,20,21). The topological polar surface area (TPSA) is 91.0 Å². The number of methoxy groups -OCH3 is 2. The molecular formula is C18H23NO6. The lowest BCUT2D eigenvalue weighted by Crippen LogP contribution is -2.04. The Labute approximate surface area is 146 Å². The maximum absolute atomic E-state index is 11.1. The van der Waals surface area contributed by atoms with E-state index in [1.54, 1.807) is 0 Å². The molecule has 0 amide bonds. The summed E-state index contributed by atoms with van der Waals surface area (Å²) in [6, 6.07) is 4.79. The molecule has 0 fully saturated rings. The van der Waals surface area contributed by atoms with E-state index in [0.717, 1.165) is 37.1 Å². The predicted molar refractivity (Wildman–Crippen MR) is 90.8 cm³/mol. The molecule has 2 rings (SSSR count).